The van der Waals surface area contributed by atoms with E-state index in [4.69, 9.17) is 28.9 Å². The van der Waals surface area contributed by atoms with Gasteiger partial charge in [0, 0.05) is 32.1 Å². The highest BCUT2D eigenvalue weighted by Gasteiger charge is 2.48. The van der Waals surface area contributed by atoms with Crippen molar-refractivity contribution >= 4 is 29.1 Å². The van der Waals surface area contributed by atoms with Crippen molar-refractivity contribution in [2.75, 3.05) is 26.2 Å². The van der Waals surface area contributed by atoms with Gasteiger partial charge < -0.3 is 5.73 Å². The molecule has 4 nitrogen and oxygen atoms in total. The standard InChI is InChI=1S/C23H26Cl2N3O/c24-20-9-8-17(11-21(20)25)12-27-13-18-14-28(22(23(26)29)19(18)15-27)10-4-7-16-5-2-1-3-6-16/h1-3,5-9,11,18-19,22H,4,10,12-15H2,(H2,26,29)/t18?,19-,22?/m1/s1. The molecule has 2 heterocycles. The molecule has 2 saturated heterocycles. The Balaban J connectivity index is 1.34. The van der Waals surface area contributed by atoms with Gasteiger partial charge in [0.15, 0.2) is 0 Å². The van der Waals surface area contributed by atoms with Gasteiger partial charge in [-0.15, -0.1) is 0 Å². The Labute approximate surface area is 182 Å². The quantitative estimate of drug-likeness (QED) is 0.725. The van der Waals surface area contributed by atoms with Crippen LogP contribution in [0.15, 0.2) is 48.5 Å². The van der Waals surface area contributed by atoms with Crippen LogP contribution in [0.4, 0.5) is 0 Å². The smallest absolute Gasteiger partial charge is 0.235 e. The molecule has 153 valence electrons. The Bertz CT molecular complexity index is 860. The van der Waals surface area contributed by atoms with E-state index in [1.807, 2.05) is 36.4 Å². The first kappa shape index (κ1) is 20.7. The van der Waals surface area contributed by atoms with E-state index < -0.39 is 0 Å². The number of hydrogen-bond donors (Lipinski definition) is 1. The number of halogens is 2. The summed E-state index contributed by atoms with van der Waals surface area (Å²) in [5, 5.41) is 1.16. The normalized spacial score (nSPS) is 24.7. The molecule has 3 atom stereocenters. The van der Waals surface area contributed by atoms with Crippen molar-refractivity contribution in [3.63, 3.8) is 0 Å². The van der Waals surface area contributed by atoms with Gasteiger partial charge >= 0.3 is 0 Å². The van der Waals surface area contributed by atoms with Gasteiger partial charge in [-0.2, -0.15) is 0 Å². The van der Waals surface area contributed by atoms with Crippen molar-refractivity contribution in [1.29, 1.82) is 0 Å². The van der Waals surface area contributed by atoms with Gasteiger partial charge in [0.1, 0.15) is 0 Å². The summed E-state index contributed by atoms with van der Waals surface area (Å²) in [6.07, 6.45) is 3.14. The lowest BCUT2D eigenvalue weighted by Gasteiger charge is -2.27. The van der Waals surface area contributed by atoms with Crippen molar-refractivity contribution < 1.29 is 4.79 Å². The molecule has 0 saturated carbocycles. The number of likely N-dealkylation sites (tertiary alicyclic amines) is 2. The van der Waals surface area contributed by atoms with Crippen molar-refractivity contribution in [2.45, 2.75) is 19.0 Å². The molecule has 2 aliphatic heterocycles. The lowest BCUT2D eigenvalue weighted by atomic mass is 9.94. The molecule has 2 fully saturated rings. The Kier molecular flexibility index (Phi) is 6.45. The molecule has 6 heteroatoms. The summed E-state index contributed by atoms with van der Waals surface area (Å²) in [7, 11) is 0. The summed E-state index contributed by atoms with van der Waals surface area (Å²) >= 11 is 12.2. The van der Waals surface area contributed by atoms with Crippen molar-refractivity contribution in [3.8, 4) is 0 Å². The highest BCUT2D eigenvalue weighted by Crippen LogP contribution is 2.37. The topological polar surface area (TPSA) is 49.6 Å². The highest BCUT2D eigenvalue weighted by atomic mass is 35.5. The summed E-state index contributed by atoms with van der Waals surface area (Å²) in [4.78, 5) is 16.9. The number of carbonyl (C=O) groups excluding carboxylic acids is 1. The van der Waals surface area contributed by atoms with E-state index in [2.05, 4.69) is 28.4 Å². The first-order valence-electron chi connectivity index (χ1n) is 10.1. The molecule has 0 aliphatic carbocycles. The SMILES string of the molecule is NC(=O)C1[C@@H]2CN(Cc3ccc(Cl)c(Cl)c3)CC2CN1CC[CH]c1ccccc1. The molecule has 1 radical (unpaired) electrons. The number of primary amides is 1. The third-order valence-corrected chi connectivity index (χ3v) is 6.85. The molecule has 0 bridgehead atoms. The zero-order valence-corrected chi connectivity index (χ0v) is 17.8. The van der Waals surface area contributed by atoms with Crippen LogP contribution in [0.1, 0.15) is 17.5 Å². The molecule has 2 unspecified atom stereocenters. The summed E-state index contributed by atoms with van der Waals surface area (Å²) in [6.45, 7) is 4.48. The first-order valence-corrected chi connectivity index (χ1v) is 10.8. The Morgan fingerprint density at radius 3 is 2.59 bits per heavy atom. The number of nitrogens with two attached hydrogens (primary N) is 1. The van der Waals surface area contributed by atoms with Crippen LogP contribution in [0, 0.1) is 18.3 Å². The second-order valence-electron chi connectivity index (χ2n) is 8.11. The molecule has 0 aromatic heterocycles. The van der Waals surface area contributed by atoms with E-state index in [1.54, 1.807) is 0 Å². The van der Waals surface area contributed by atoms with E-state index in [0.29, 0.717) is 21.9 Å². The number of amides is 1. The maximum absolute atomic E-state index is 12.3. The molecular formula is C23H26Cl2N3O. The first-order chi connectivity index (χ1) is 14.0. The van der Waals surface area contributed by atoms with Gasteiger partial charge in [-0.05, 0) is 48.6 Å². The largest absolute Gasteiger partial charge is 0.368 e. The van der Waals surface area contributed by atoms with Crippen LogP contribution >= 0.6 is 23.2 Å². The third-order valence-electron chi connectivity index (χ3n) is 6.11. The maximum atomic E-state index is 12.3. The van der Waals surface area contributed by atoms with E-state index in [0.717, 1.165) is 44.7 Å². The van der Waals surface area contributed by atoms with Crippen molar-refractivity contribution in [2.24, 2.45) is 17.6 Å². The Morgan fingerprint density at radius 1 is 1.07 bits per heavy atom. The number of rotatable bonds is 7. The van der Waals surface area contributed by atoms with Gasteiger partial charge in [-0.1, -0.05) is 59.6 Å². The van der Waals surface area contributed by atoms with Gasteiger partial charge in [0.2, 0.25) is 5.91 Å². The lowest BCUT2D eigenvalue weighted by molar-refractivity contribution is -0.123. The monoisotopic (exact) mass is 430 g/mol. The van der Waals surface area contributed by atoms with Crippen LogP contribution in [-0.2, 0) is 11.3 Å². The van der Waals surface area contributed by atoms with Crippen LogP contribution in [-0.4, -0.2) is 47.9 Å². The molecule has 1 amide bonds. The molecule has 4 rings (SSSR count). The molecule has 29 heavy (non-hydrogen) atoms. The Morgan fingerprint density at radius 2 is 1.86 bits per heavy atom. The number of hydrogen-bond acceptors (Lipinski definition) is 3. The number of carbonyl (C=O) groups is 1. The molecule has 2 aromatic rings. The maximum Gasteiger partial charge on any atom is 0.235 e. The lowest BCUT2D eigenvalue weighted by Crippen LogP contribution is -2.45. The van der Waals surface area contributed by atoms with Gasteiger partial charge in [-0.25, -0.2) is 0 Å². The van der Waals surface area contributed by atoms with Crippen LogP contribution in [0.25, 0.3) is 0 Å². The van der Waals surface area contributed by atoms with E-state index in [-0.39, 0.29) is 11.9 Å². The Hall–Kier alpha value is -1.59. The van der Waals surface area contributed by atoms with Gasteiger partial charge in [0.05, 0.1) is 16.1 Å². The minimum absolute atomic E-state index is 0.178. The van der Waals surface area contributed by atoms with Crippen molar-refractivity contribution in [3.05, 3.63) is 76.1 Å². The molecular weight excluding hydrogens is 405 g/mol. The molecule has 2 N–H and O–H groups in total. The van der Waals surface area contributed by atoms with Crippen LogP contribution in [0.3, 0.4) is 0 Å². The average Bonchev–Trinajstić information content (AvgIpc) is 3.22. The fourth-order valence-corrected chi connectivity index (χ4v) is 5.18. The molecule has 2 aromatic carbocycles. The zero-order chi connectivity index (χ0) is 20.4. The summed E-state index contributed by atoms with van der Waals surface area (Å²) in [5.41, 5.74) is 8.18. The average molecular weight is 431 g/mol. The predicted octanol–water partition coefficient (Wildman–Crippen LogP) is 3.85. The van der Waals surface area contributed by atoms with Crippen molar-refractivity contribution in [1.82, 2.24) is 9.80 Å². The molecule has 0 spiro atoms. The second kappa shape index (κ2) is 9.05. The second-order valence-corrected chi connectivity index (χ2v) is 8.93. The van der Waals surface area contributed by atoms with Gasteiger partial charge in [-0.3, -0.25) is 14.6 Å². The number of benzene rings is 2. The highest BCUT2D eigenvalue weighted by molar-refractivity contribution is 6.42. The molecule has 2 aliphatic rings. The summed E-state index contributed by atoms with van der Waals surface area (Å²) in [6, 6.07) is 15.9. The van der Waals surface area contributed by atoms with E-state index in [1.165, 1.54) is 5.56 Å². The van der Waals surface area contributed by atoms with Crippen LogP contribution < -0.4 is 5.73 Å². The predicted molar refractivity (Wildman–Crippen MR) is 118 cm³/mol. The van der Waals surface area contributed by atoms with E-state index >= 15 is 0 Å². The zero-order valence-electron chi connectivity index (χ0n) is 16.3. The van der Waals surface area contributed by atoms with E-state index in [9.17, 15) is 4.79 Å². The fourth-order valence-electron chi connectivity index (χ4n) is 4.86. The van der Waals surface area contributed by atoms with Crippen LogP contribution in [0.2, 0.25) is 10.0 Å². The number of fused-ring (bicyclic) bond motifs is 1. The summed E-state index contributed by atoms with van der Waals surface area (Å²) < 4.78 is 0. The van der Waals surface area contributed by atoms with Crippen LogP contribution in [0.5, 0.6) is 0 Å². The number of nitrogens with zero attached hydrogens (tertiary/aromatic N) is 2. The third kappa shape index (κ3) is 4.77. The fraction of sp³-hybridized carbons (Fsp3) is 0.391. The summed E-state index contributed by atoms with van der Waals surface area (Å²) in [5.74, 6) is 0.576. The minimum Gasteiger partial charge on any atom is -0.368 e. The van der Waals surface area contributed by atoms with Gasteiger partial charge in [0.25, 0.3) is 0 Å². The minimum atomic E-state index is -0.200.